The van der Waals surface area contributed by atoms with Crippen molar-refractivity contribution in [1.29, 1.82) is 0 Å². The molecular weight excluding hydrogens is 372 g/mol. The third kappa shape index (κ3) is 5.47. The largest absolute Gasteiger partial charge is 0.348 e. The Morgan fingerprint density at radius 2 is 1.77 bits per heavy atom. The second kappa shape index (κ2) is 8.56. The highest BCUT2D eigenvalue weighted by Gasteiger charge is 2.13. The molecule has 2 N–H and O–H groups in total. The molecule has 0 fully saturated rings. The minimum Gasteiger partial charge on any atom is -0.348 e. The van der Waals surface area contributed by atoms with Crippen molar-refractivity contribution >= 4 is 33.2 Å². The number of anilines is 1. The molecule has 2 aromatic rings. The number of halogens is 1. The normalized spacial score (nSPS) is 11.2. The van der Waals surface area contributed by atoms with E-state index in [0.717, 1.165) is 24.7 Å². The first-order valence-electron chi connectivity index (χ1n) is 8.39. The van der Waals surface area contributed by atoms with Crippen LogP contribution in [0.5, 0.6) is 0 Å². The lowest BCUT2D eigenvalue weighted by molar-refractivity contribution is 0.0951. The number of rotatable bonds is 7. The molecule has 5 nitrogen and oxygen atoms in total. The lowest BCUT2D eigenvalue weighted by Crippen LogP contribution is -2.24. The Morgan fingerprint density at radius 1 is 1.04 bits per heavy atom. The molecule has 7 heteroatoms. The molecular formula is C19H23ClN2O3S. The van der Waals surface area contributed by atoms with Crippen molar-refractivity contribution in [3.05, 3.63) is 63.7 Å². The minimum absolute atomic E-state index is 0.227. The van der Waals surface area contributed by atoms with Gasteiger partial charge in [-0.1, -0.05) is 43.6 Å². The SMILES string of the molecule is CCc1ccc(CC)c(CNC(=O)c2cc(NS(C)(=O)=O)ccc2Cl)c1. The topological polar surface area (TPSA) is 75.3 Å². The Morgan fingerprint density at radius 3 is 2.38 bits per heavy atom. The van der Waals surface area contributed by atoms with E-state index in [9.17, 15) is 13.2 Å². The van der Waals surface area contributed by atoms with Crippen LogP contribution >= 0.6 is 11.6 Å². The molecule has 0 aliphatic heterocycles. The molecule has 0 saturated heterocycles. The number of hydrogen-bond acceptors (Lipinski definition) is 3. The molecule has 0 saturated carbocycles. The molecule has 0 aliphatic carbocycles. The van der Waals surface area contributed by atoms with E-state index in [0.29, 0.717) is 12.2 Å². The summed E-state index contributed by atoms with van der Waals surface area (Å²) in [7, 11) is -3.43. The summed E-state index contributed by atoms with van der Waals surface area (Å²) in [5.41, 5.74) is 3.99. The van der Waals surface area contributed by atoms with Crippen molar-refractivity contribution in [3.8, 4) is 0 Å². The van der Waals surface area contributed by atoms with Crippen LogP contribution in [0.3, 0.4) is 0 Å². The monoisotopic (exact) mass is 394 g/mol. The maximum atomic E-state index is 12.5. The van der Waals surface area contributed by atoms with E-state index in [1.54, 1.807) is 0 Å². The standard InChI is InChI=1S/C19H23ClN2O3S/c1-4-13-6-7-14(5-2)15(10-13)12-21-19(23)17-11-16(8-9-18(17)20)22-26(3,24)25/h6-11,22H,4-5,12H2,1-3H3,(H,21,23). The van der Waals surface area contributed by atoms with Gasteiger partial charge in [0.05, 0.1) is 16.8 Å². The maximum Gasteiger partial charge on any atom is 0.253 e. The van der Waals surface area contributed by atoms with E-state index >= 15 is 0 Å². The Labute approximate surface area is 159 Å². The summed E-state index contributed by atoms with van der Waals surface area (Å²) in [6.45, 7) is 4.54. The smallest absolute Gasteiger partial charge is 0.253 e. The molecule has 0 heterocycles. The number of nitrogens with one attached hydrogen (secondary N) is 2. The molecule has 2 aromatic carbocycles. The van der Waals surface area contributed by atoms with Crippen LogP contribution in [0.25, 0.3) is 0 Å². The van der Waals surface area contributed by atoms with Crippen LogP contribution in [-0.2, 0) is 29.4 Å². The van der Waals surface area contributed by atoms with Crippen LogP contribution < -0.4 is 10.0 Å². The number of carbonyl (C=O) groups is 1. The average molecular weight is 395 g/mol. The highest BCUT2D eigenvalue weighted by Crippen LogP contribution is 2.22. The molecule has 2 rings (SSSR count). The van der Waals surface area contributed by atoms with Gasteiger partial charge < -0.3 is 5.32 Å². The second-order valence-corrected chi connectivity index (χ2v) is 8.22. The first-order valence-corrected chi connectivity index (χ1v) is 10.7. The molecule has 140 valence electrons. The number of benzene rings is 2. The van der Waals surface area contributed by atoms with Gasteiger partial charge in [0.25, 0.3) is 5.91 Å². The van der Waals surface area contributed by atoms with Gasteiger partial charge in [-0.05, 0) is 47.7 Å². The Balaban J connectivity index is 2.19. The average Bonchev–Trinajstić information content (AvgIpc) is 2.59. The zero-order valence-corrected chi connectivity index (χ0v) is 16.7. The van der Waals surface area contributed by atoms with Crippen molar-refractivity contribution < 1.29 is 13.2 Å². The van der Waals surface area contributed by atoms with Gasteiger partial charge in [0, 0.05) is 12.2 Å². The van der Waals surface area contributed by atoms with Gasteiger partial charge >= 0.3 is 0 Å². The minimum atomic E-state index is -3.43. The Kier molecular flexibility index (Phi) is 6.67. The molecule has 1 amide bonds. The highest BCUT2D eigenvalue weighted by atomic mass is 35.5. The molecule has 0 spiro atoms. The fraction of sp³-hybridized carbons (Fsp3) is 0.316. The van der Waals surface area contributed by atoms with E-state index in [2.05, 4.69) is 42.1 Å². The summed E-state index contributed by atoms with van der Waals surface area (Å²) in [6, 6.07) is 10.7. The van der Waals surface area contributed by atoms with Crippen molar-refractivity contribution in [2.75, 3.05) is 11.0 Å². The first-order chi connectivity index (χ1) is 12.2. The van der Waals surface area contributed by atoms with E-state index in [-0.39, 0.29) is 16.5 Å². The molecule has 0 atom stereocenters. The van der Waals surface area contributed by atoms with Crippen molar-refractivity contribution in [2.24, 2.45) is 0 Å². The fourth-order valence-corrected chi connectivity index (χ4v) is 3.41. The van der Waals surface area contributed by atoms with Crippen LogP contribution in [0.1, 0.15) is 40.9 Å². The van der Waals surface area contributed by atoms with Crippen LogP contribution in [0.15, 0.2) is 36.4 Å². The summed E-state index contributed by atoms with van der Waals surface area (Å²) >= 11 is 6.11. The van der Waals surface area contributed by atoms with Crippen LogP contribution in [0, 0.1) is 0 Å². The van der Waals surface area contributed by atoms with Gasteiger partial charge in [0.1, 0.15) is 0 Å². The van der Waals surface area contributed by atoms with Gasteiger partial charge in [-0.2, -0.15) is 0 Å². The molecule has 0 aliphatic rings. The molecule has 0 aromatic heterocycles. The van der Waals surface area contributed by atoms with E-state index in [4.69, 9.17) is 11.6 Å². The Hall–Kier alpha value is -2.05. The number of carbonyl (C=O) groups excluding carboxylic acids is 1. The zero-order valence-electron chi connectivity index (χ0n) is 15.1. The molecule has 0 unspecified atom stereocenters. The highest BCUT2D eigenvalue weighted by molar-refractivity contribution is 7.92. The molecule has 0 radical (unpaired) electrons. The second-order valence-electron chi connectivity index (χ2n) is 6.06. The number of sulfonamides is 1. The zero-order chi connectivity index (χ0) is 19.3. The van der Waals surface area contributed by atoms with Crippen molar-refractivity contribution in [1.82, 2.24) is 5.32 Å². The fourth-order valence-electron chi connectivity index (χ4n) is 2.66. The van der Waals surface area contributed by atoms with Gasteiger partial charge in [0.2, 0.25) is 10.0 Å². The van der Waals surface area contributed by atoms with Gasteiger partial charge in [-0.15, -0.1) is 0 Å². The van der Waals surface area contributed by atoms with Gasteiger partial charge in [-0.3, -0.25) is 9.52 Å². The summed E-state index contributed by atoms with van der Waals surface area (Å²) in [5.74, 6) is -0.351. The van der Waals surface area contributed by atoms with Gasteiger partial charge in [0.15, 0.2) is 0 Å². The maximum absolute atomic E-state index is 12.5. The van der Waals surface area contributed by atoms with E-state index < -0.39 is 10.0 Å². The van der Waals surface area contributed by atoms with Gasteiger partial charge in [-0.25, -0.2) is 8.42 Å². The summed E-state index contributed by atoms with van der Waals surface area (Å²) in [5, 5.41) is 3.14. The number of aryl methyl sites for hydroxylation is 2. The number of hydrogen-bond donors (Lipinski definition) is 2. The number of amides is 1. The quantitative estimate of drug-likeness (QED) is 0.750. The Bertz CT molecular complexity index is 911. The van der Waals surface area contributed by atoms with Crippen LogP contribution in [0.2, 0.25) is 5.02 Å². The predicted molar refractivity (Wildman–Crippen MR) is 106 cm³/mol. The third-order valence-electron chi connectivity index (χ3n) is 4.01. The van der Waals surface area contributed by atoms with Crippen LogP contribution in [0.4, 0.5) is 5.69 Å². The lowest BCUT2D eigenvalue weighted by Gasteiger charge is -2.13. The summed E-state index contributed by atoms with van der Waals surface area (Å²) in [6.07, 6.45) is 2.86. The third-order valence-corrected chi connectivity index (χ3v) is 4.95. The van der Waals surface area contributed by atoms with Crippen molar-refractivity contribution in [2.45, 2.75) is 33.2 Å². The lowest BCUT2D eigenvalue weighted by atomic mass is 10.0. The first kappa shape index (κ1) is 20.3. The van der Waals surface area contributed by atoms with Crippen molar-refractivity contribution in [3.63, 3.8) is 0 Å². The molecule has 0 bridgehead atoms. The summed E-state index contributed by atoms with van der Waals surface area (Å²) < 4.78 is 25.1. The predicted octanol–water partition coefficient (Wildman–Crippen LogP) is 3.77. The van der Waals surface area contributed by atoms with E-state index in [1.165, 1.54) is 29.3 Å². The molecule has 26 heavy (non-hydrogen) atoms. The summed E-state index contributed by atoms with van der Waals surface area (Å²) in [4.78, 5) is 12.5. The van der Waals surface area contributed by atoms with E-state index in [1.807, 2.05) is 0 Å². The van der Waals surface area contributed by atoms with Crippen LogP contribution in [-0.4, -0.2) is 20.6 Å².